The third kappa shape index (κ3) is 3.78. The summed E-state index contributed by atoms with van der Waals surface area (Å²) < 4.78 is 0. The number of nitrogens with zero attached hydrogens (tertiary/aromatic N) is 2. The number of aromatic nitrogens is 1. The van der Waals surface area contributed by atoms with Crippen molar-refractivity contribution in [1.82, 2.24) is 15.3 Å². The van der Waals surface area contributed by atoms with Crippen LogP contribution in [0.1, 0.15) is 26.3 Å². The van der Waals surface area contributed by atoms with Gasteiger partial charge in [-0.2, -0.15) is 0 Å². The van der Waals surface area contributed by atoms with Crippen molar-refractivity contribution in [3.63, 3.8) is 0 Å². The molecule has 1 rings (SSSR count). The van der Waals surface area contributed by atoms with Gasteiger partial charge in [-0.25, -0.2) is 5.84 Å². The summed E-state index contributed by atoms with van der Waals surface area (Å²) in [6, 6.07) is 3.70. The molecular weight excluding hydrogens is 228 g/mol. The molecule has 0 aliphatic carbocycles. The van der Waals surface area contributed by atoms with E-state index in [-0.39, 0.29) is 17.9 Å². The molecule has 0 aliphatic heterocycles. The van der Waals surface area contributed by atoms with Gasteiger partial charge in [0.2, 0.25) is 0 Å². The van der Waals surface area contributed by atoms with Gasteiger partial charge in [0, 0.05) is 18.9 Å². The number of hydrazine groups is 1. The molecular formula is C13H22N4O. The van der Waals surface area contributed by atoms with Crippen molar-refractivity contribution in [2.24, 2.45) is 11.8 Å². The van der Waals surface area contributed by atoms with E-state index in [4.69, 9.17) is 5.84 Å². The number of nitrogens with two attached hydrogens (primary N) is 1. The number of amides is 1. The van der Waals surface area contributed by atoms with E-state index in [0.29, 0.717) is 0 Å². The first-order chi connectivity index (χ1) is 8.60. The second kappa shape index (κ2) is 7.08. The average molecular weight is 250 g/mol. The minimum Gasteiger partial charge on any atom is -0.293 e. The Balaban J connectivity index is 2.83. The highest BCUT2D eigenvalue weighted by molar-refractivity contribution is 5.81. The molecule has 5 heteroatoms. The smallest absolute Gasteiger partial charge is 0.251 e. The van der Waals surface area contributed by atoms with Crippen LogP contribution in [-0.4, -0.2) is 28.4 Å². The Bertz CT molecular complexity index is 367. The number of carbonyl (C=O) groups excluding carboxylic acids is 1. The highest BCUT2D eigenvalue weighted by atomic mass is 16.2. The van der Waals surface area contributed by atoms with Crippen molar-refractivity contribution < 1.29 is 4.79 Å². The van der Waals surface area contributed by atoms with Gasteiger partial charge in [-0.05, 0) is 30.2 Å². The van der Waals surface area contributed by atoms with Crippen LogP contribution < -0.4 is 11.3 Å². The molecule has 0 bridgehead atoms. The van der Waals surface area contributed by atoms with Crippen molar-refractivity contribution in [2.75, 3.05) is 6.54 Å². The average Bonchev–Trinajstić information content (AvgIpc) is 2.38. The van der Waals surface area contributed by atoms with Crippen LogP contribution in [0.2, 0.25) is 0 Å². The quantitative estimate of drug-likeness (QED) is 0.447. The zero-order valence-electron chi connectivity index (χ0n) is 11.3. The molecule has 1 aromatic heterocycles. The molecule has 3 N–H and O–H groups in total. The van der Waals surface area contributed by atoms with E-state index in [1.54, 1.807) is 12.4 Å². The van der Waals surface area contributed by atoms with Crippen LogP contribution in [0.4, 0.5) is 0 Å². The van der Waals surface area contributed by atoms with Crippen LogP contribution in [0, 0.1) is 5.92 Å². The molecule has 1 aromatic rings. The fraction of sp³-hybridized carbons (Fsp3) is 0.538. The van der Waals surface area contributed by atoms with Crippen molar-refractivity contribution in [2.45, 2.75) is 33.4 Å². The van der Waals surface area contributed by atoms with Gasteiger partial charge in [0.25, 0.3) is 5.91 Å². The van der Waals surface area contributed by atoms with Gasteiger partial charge in [-0.3, -0.25) is 20.1 Å². The predicted molar refractivity (Wildman–Crippen MR) is 71.3 cm³/mol. The molecule has 0 aliphatic rings. The zero-order valence-corrected chi connectivity index (χ0v) is 11.3. The molecule has 0 aromatic carbocycles. The fourth-order valence-corrected chi connectivity index (χ4v) is 2.11. The molecule has 18 heavy (non-hydrogen) atoms. The molecule has 1 unspecified atom stereocenters. The van der Waals surface area contributed by atoms with E-state index in [9.17, 15) is 4.79 Å². The molecule has 0 saturated carbocycles. The van der Waals surface area contributed by atoms with Crippen molar-refractivity contribution in [3.05, 3.63) is 30.1 Å². The van der Waals surface area contributed by atoms with E-state index in [1.165, 1.54) is 0 Å². The first-order valence-electron chi connectivity index (χ1n) is 6.23. The minimum absolute atomic E-state index is 0.138. The summed E-state index contributed by atoms with van der Waals surface area (Å²) in [6.07, 6.45) is 3.52. The molecule has 1 amide bonds. The van der Waals surface area contributed by atoms with Gasteiger partial charge in [0.15, 0.2) is 0 Å². The first-order valence-corrected chi connectivity index (χ1v) is 6.23. The van der Waals surface area contributed by atoms with Crippen LogP contribution in [0.5, 0.6) is 0 Å². The maximum Gasteiger partial charge on any atom is 0.251 e. The maximum atomic E-state index is 11.9. The number of rotatable bonds is 6. The van der Waals surface area contributed by atoms with Crippen LogP contribution >= 0.6 is 0 Å². The highest BCUT2D eigenvalue weighted by Gasteiger charge is 2.27. The highest BCUT2D eigenvalue weighted by Crippen LogP contribution is 2.14. The van der Waals surface area contributed by atoms with Gasteiger partial charge >= 0.3 is 0 Å². The monoisotopic (exact) mass is 250 g/mol. The van der Waals surface area contributed by atoms with Crippen molar-refractivity contribution in [1.29, 1.82) is 0 Å². The SMILES string of the molecule is CCN(Cc1ccncc1)C(C(=O)NN)C(C)C. The van der Waals surface area contributed by atoms with E-state index in [0.717, 1.165) is 18.7 Å². The van der Waals surface area contributed by atoms with E-state index >= 15 is 0 Å². The number of hydrogen-bond acceptors (Lipinski definition) is 4. The lowest BCUT2D eigenvalue weighted by atomic mass is 10.0. The molecule has 1 atom stereocenters. The second-order valence-electron chi connectivity index (χ2n) is 4.62. The number of carbonyl (C=O) groups is 1. The third-order valence-corrected chi connectivity index (χ3v) is 2.98. The molecule has 0 fully saturated rings. The number of pyridine rings is 1. The summed E-state index contributed by atoms with van der Waals surface area (Å²) in [6.45, 7) is 7.60. The van der Waals surface area contributed by atoms with Gasteiger partial charge in [0.1, 0.15) is 0 Å². The van der Waals surface area contributed by atoms with Crippen LogP contribution in [-0.2, 0) is 11.3 Å². The Kier molecular flexibility index (Phi) is 5.74. The number of nitrogens with one attached hydrogen (secondary N) is 1. The molecule has 100 valence electrons. The maximum absolute atomic E-state index is 11.9. The predicted octanol–water partition coefficient (Wildman–Crippen LogP) is 0.918. The Labute approximate surface area is 108 Å². The normalized spacial score (nSPS) is 12.8. The molecule has 0 radical (unpaired) electrons. The standard InChI is InChI=1S/C13H22N4O/c1-4-17(9-11-5-7-15-8-6-11)12(10(2)3)13(18)16-14/h5-8,10,12H,4,9,14H2,1-3H3,(H,16,18). The Morgan fingerprint density at radius 3 is 2.50 bits per heavy atom. The first kappa shape index (κ1) is 14.6. The second-order valence-corrected chi connectivity index (χ2v) is 4.62. The lowest BCUT2D eigenvalue weighted by Crippen LogP contribution is -2.51. The van der Waals surface area contributed by atoms with E-state index < -0.39 is 0 Å². The van der Waals surface area contributed by atoms with E-state index in [2.05, 4.69) is 15.3 Å². The summed E-state index contributed by atoms with van der Waals surface area (Å²) in [5.74, 6) is 5.33. The van der Waals surface area contributed by atoms with Gasteiger partial charge in [-0.1, -0.05) is 20.8 Å². The molecule has 5 nitrogen and oxygen atoms in total. The third-order valence-electron chi connectivity index (χ3n) is 2.98. The van der Waals surface area contributed by atoms with Crippen molar-refractivity contribution in [3.8, 4) is 0 Å². The summed E-state index contributed by atoms with van der Waals surface area (Å²) in [4.78, 5) is 18.0. The molecule has 0 spiro atoms. The van der Waals surface area contributed by atoms with Crippen LogP contribution in [0.15, 0.2) is 24.5 Å². The van der Waals surface area contributed by atoms with Gasteiger partial charge < -0.3 is 0 Å². The van der Waals surface area contributed by atoms with E-state index in [1.807, 2.05) is 32.9 Å². The largest absolute Gasteiger partial charge is 0.293 e. The number of hydrogen-bond donors (Lipinski definition) is 2. The zero-order chi connectivity index (χ0) is 13.5. The summed E-state index contributed by atoms with van der Waals surface area (Å²) >= 11 is 0. The topological polar surface area (TPSA) is 71.2 Å². The summed E-state index contributed by atoms with van der Waals surface area (Å²) in [5, 5.41) is 0. The van der Waals surface area contributed by atoms with Crippen LogP contribution in [0.25, 0.3) is 0 Å². The Morgan fingerprint density at radius 2 is 2.06 bits per heavy atom. The Hall–Kier alpha value is -1.46. The summed E-state index contributed by atoms with van der Waals surface area (Å²) in [5.41, 5.74) is 3.40. The summed E-state index contributed by atoms with van der Waals surface area (Å²) in [7, 11) is 0. The minimum atomic E-state index is -0.215. The van der Waals surface area contributed by atoms with Crippen molar-refractivity contribution >= 4 is 5.91 Å². The van der Waals surface area contributed by atoms with Crippen LogP contribution in [0.3, 0.4) is 0 Å². The Morgan fingerprint density at radius 1 is 1.44 bits per heavy atom. The molecule has 0 saturated heterocycles. The number of likely N-dealkylation sites (N-methyl/N-ethyl adjacent to an activating group) is 1. The molecule has 1 heterocycles. The van der Waals surface area contributed by atoms with Gasteiger partial charge in [-0.15, -0.1) is 0 Å². The lowest BCUT2D eigenvalue weighted by molar-refractivity contribution is -0.128. The van der Waals surface area contributed by atoms with Gasteiger partial charge in [0.05, 0.1) is 6.04 Å². The fourth-order valence-electron chi connectivity index (χ4n) is 2.11. The lowest BCUT2D eigenvalue weighted by Gasteiger charge is -2.31.